The molecule has 0 saturated carbocycles. The SMILES string of the molecule is CCO/C(C)=C1\C(=O)N(c2ccc(OC)cc2)C1(SC)SC. The normalized spacial score (nSPS) is 18.8. The fourth-order valence-electron chi connectivity index (χ4n) is 2.59. The summed E-state index contributed by atoms with van der Waals surface area (Å²) in [4.78, 5) is 14.5. The molecule has 1 aliphatic rings. The van der Waals surface area contributed by atoms with Crippen molar-refractivity contribution in [1.82, 2.24) is 0 Å². The van der Waals surface area contributed by atoms with E-state index in [0.29, 0.717) is 12.4 Å². The molecule has 1 aromatic rings. The van der Waals surface area contributed by atoms with Crippen molar-refractivity contribution in [2.45, 2.75) is 18.1 Å². The molecular formula is C16H21NO3S2. The van der Waals surface area contributed by atoms with Crippen LogP contribution in [0.5, 0.6) is 5.75 Å². The van der Waals surface area contributed by atoms with E-state index in [0.717, 1.165) is 17.0 Å². The zero-order valence-electron chi connectivity index (χ0n) is 13.5. The monoisotopic (exact) mass is 339 g/mol. The van der Waals surface area contributed by atoms with Crippen LogP contribution in [0.15, 0.2) is 35.6 Å². The maximum Gasteiger partial charge on any atom is 0.263 e. The van der Waals surface area contributed by atoms with Gasteiger partial charge in [-0.05, 0) is 50.6 Å². The number of nitrogens with zero attached hydrogens (tertiary/aromatic N) is 1. The summed E-state index contributed by atoms with van der Waals surface area (Å²) in [7, 11) is 1.63. The number of hydrogen-bond donors (Lipinski definition) is 0. The van der Waals surface area contributed by atoms with Crippen LogP contribution in [0, 0.1) is 0 Å². The third-order valence-electron chi connectivity index (χ3n) is 3.62. The Morgan fingerprint density at radius 2 is 1.82 bits per heavy atom. The lowest BCUT2D eigenvalue weighted by molar-refractivity contribution is -0.118. The van der Waals surface area contributed by atoms with E-state index in [1.54, 1.807) is 30.6 Å². The summed E-state index contributed by atoms with van der Waals surface area (Å²) in [6.45, 7) is 4.35. The van der Waals surface area contributed by atoms with Crippen molar-refractivity contribution in [3.8, 4) is 5.75 Å². The summed E-state index contributed by atoms with van der Waals surface area (Å²) in [5.74, 6) is 1.48. The fraction of sp³-hybridized carbons (Fsp3) is 0.438. The fourth-order valence-corrected chi connectivity index (χ4v) is 4.87. The largest absolute Gasteiger partial charge is 0.498 e. The smallest absolute Gasteiger partial charge is 0.263 e. The van der Waals surface area contributed by atoms with Crippen LogP contribution in [0.4, 0.5) is 5.69 Å². The molecule has 1 amide bonds. The number of carbonyl (C=O) groups excluding carboxylic acids is 1. The second-order valence-corrected chi connectivity index (χ2v) is 6.95. The number of β-lactam (4-membered cyclic amide) rings is 1. The van der Waals surface area contributed by atoms with E-state index in [9.17, 15) is 4.79 Å². The lowest BCUT2D eigenvalue weighted by atomic mass is 10.0. The number of ether oxygens (including phenoxy) is 2. The number of allylic oxidation sites excluding steroid dienone is 1. The standard InChI is InChI=1S/C16H21NO3S2/c1-6-20-11(2)14-15(18)17(16(14,21-4)22-5)12-7-9-13(19-3)10-8-12/h7-10H,6H2,1-5H3/b14-11+. The number of benzene rings is 1. The maximum atomic E-state index is 12.7. The molecule has 0 unspecified atom stereocenters. The van der Waals surface area contributed by atoms with E-state index >= 15 is 0 Å². The molecular weight excluding hydrogens is 318 g/mol. The van der Waals surface area contributed by atoms with Crippen molar-refractivity contribution in [3.63, 3.8) is 0 Å². The quantitative estimate of drug-likeness (QED) is 0.342. The summed E-state index contributed by atoms with van der Waals surface area (Å²) >= 11 is 3.27. The number of anilines is 1. The van der Waals surface area contributed by atoms with E-state index in [-0.39, 0.29) is 5.91 Å². The summed E-state index contributed by atoms with van der Waals surface area (Å²) in [5.41, 5.74) is 1.60. The highest BCUT2D eigenvalue weighted by Crippen LogP contribution is 2.55. The van der Waals surface area contributed by atoms with Gasteiger partial charge >= 0.3 is 0 Å². The summed E-state index contributed by atoms with van der Waals surface area (Å²) < 4.78 is 10.3. The van der Waals surface area contributed by atoms with Crippen molar-refractivity contribution in [2.75, 3.05) is 31.1 Å². The third-order valence-corrected chi connectivity index (χ3v) is 6.50. The van der Waals surface area contributed by atoms with Gasteiger partial charge in [-0.15, -0.1) is 23.5 Å². The first-order valence-corrected chi connectivity index (χ1v) is 9.43. The predicted molar refractivity (Wildman–Crippen MR) is 94.6 cm³/mol. The molecule has 0 spiro atoms. The lowest BCUT2D eigenvalue weighted by Gasteiger charge is -2.51. The van der Waals surface area contributed by atoms with E-state index in [1.807, 2.05) is 55.5 Å². The maximum absolute atomic E-state index is 12.7. The van der Waals surface area contributed by atoms with Gasteiger partial charge < -0.3 is 9.47 Å². The molecule has 120 valence electrons. The van der Waals surface area contributed by atoms with Crippen molar-refractivity contribution >= 4 is 35.1 Å². The number of hydrogen-bond acceptors (Lipinski definition) is 5. The lowest BCUT2D eigenvalue weighted by Crippen LogP contribution is -2.62. The molecule has 4 nitrogen and oxygen atoms in total. The molecule has 0 bridgehead atoms. The van der Waals surface area contributed by atoms with Crippen LogP contribution in [0.2, 0.25) is 0 Å². The number of methoxy groups -OCH3 is 1. The van der Waals surface area contributed by atoms with Gasteiger partial charge in [-0.3, -0.25) is 9.69 Å². The van der Waals surface area contributed by atoms with Gasteiger partial charge in [0, 0.05) is 5.69 Å². The summed E-state index contributed by atoms with van der Waals surface area (Å²) in [6.07, 6.45) is 4.03. The van der Waals surface area contributed by atoms with Crippen LogP contribution >= 0.6 is 23.5 Å². The van der Waals surface area contributed by atoms with E-state index in [4.69, 9.17) is 9.47 Å². The Morgan fingerprint density at radius 1 is 1.23 bits per heavy atom. The highest BCUT2D eigenvalue weighted by atomic mass is 32.2. The molecule has 6 heteroatoms. The highest BCUT2D eigenvalue weighted by Gasteiger charge is 2.58. The van der Waals surface area contributed by atoms with Gasteiger partial charge in [-0.2, -0.15) is 0 Å². The topological polar surface area (TPSA) is 38.8 Å². The second kappa shape index (κ2) is 6.87. The summed E-state index contributed by atoms with van der Waals surface area (Å²) in [5, 5.41) is 0. The minimum absolute atomic E-state index is 0.000170. The Labute approximate surface area is 140 Å². The number of amides is 1. The number of thioether (sulfide) groups is 2. The minimum atomic E-state index is -0.440. The molecule has 2 rings (SSSR count). The third kappa shape index (κ3) is 2.58. The van der Waals surface area contributed by atoms with Gasteiger partial charge in [0.1, 0.15) is 17.1 Å². The van der Waals surface area contributed by atoms with Gasteiger partial charge in [0.25, 0.3) is 5.91 Å². The van der Waals surface area contributed by atoms with Crippen molar-refractivity contribution in [2.24, 2.45) is 0 Å². The zero-order chi connectivity index (χ0) is 16.3. The Kier molecular flexibility index (Phi) is 5.34. The molecule has 0 aliphatic carbocycles. The average Bonchev–Trinajstić information content (AvgIpc) is 2.53. The molecule has 1 fully saturated rings. The van der Waals surface area contributed by atoms with Gasteiger partial charge in [0.2, 0.25) is 0 Å². The highest BCUT2D eigenvalue weighted by molar-refractivity contribution is 8.18. The Balaban J connectivity index is 2.43. The first-order chi connectivity index (χ1) is 10.6. The van der Waals surface area contributed by atoms with Crippen LogP contribution in [-0.2, 0) is 9.53 Å². The van der Waals surface area contributed by atoms with E-state index in [1.165, 1.54) is 0 Å². The van der Waals surface area contributed by atoms with Crippen LogP contribution in [0.25, 0.3) is 0 Å². The Hall–Kier alpha value is -1.27. The predicted octanol–water partition coefficient (Wildman–Crippen LogP) is 3.73. The van der Waals surface area contributed by atoms with Crippen LogP contribution in [-0.4, -0.2) is 36.3 Å². The van der Waals surface area contributed by atoms with Crippen molar-refractivity contribution in [1.29, 1.82) is 0 Å². The van der Waals surface area contributed by atoms with Crippen molar-refractivity contribution in [3.05, 3.63) is 35.6 Å². The van der Waals surface area contributed by atoms with Gasteiger partial charge in [0.05, 0.1) is 13.7 Å². The van der Waals surface area contributed by atoms with Gasteiger partial charge in [0.15, 0.2) is 4.20 Å². The molecule has 1 aliphatic heterocycles. The van der Waals surface area contributed by atoms with Crippen LogP contribution in [0.3, 0.4) is 0 Å². The van der Waals surface area contributed by atoms with E-state index < -0.39 is 4.20 Å². The molecule has 0 N–H and O–H groups in total. The molecule has 1 heterocycles. The van der Waals surface area contributed by atoms with Crippen LogP contribution in [0.1, 0.15) is 13.8 Å². The average molecular weight is 339 g/mol. The molecule has 22 heavy (non-hydrogen) atoms. The van der Waals surface area contributed by atoms with Gasteiger partial charge in [-0.1, -0.05) is 0 Å². The summed E-state index contributed by atoms with van der Waals surface area (Å²) in [6, 6.07) is 7.55. The molecule has 0 radical (unpaired) electrons. The Bertz CT molecular complexity index is 580. The number of carbonyl (C=O) groups is 1. The van der Waals surface area contributed by atoms with Gasteiger partial charge in [-0.25, -0.2) is 0 Å². The molecule has 1 saturated heterocycles. The van der Waals surface area contributed by atoms with Crippen LogP contribution < -0.4 is 9.64 Å². The first-order valence-electron chi connectivity index (χ1n) is 6.98. The zero-order valence-corrected chi connectivity index (χ0v) is 15.1. The molecule has 0 atom stereocenters. The van der Waals surface area contributed by atoms with E-state index in [2.05, 4.69) is 0 Å². The molecule has 0 aromatic heterocycles. The molecule has 1 aromatic carbocycles. The first kappa shape index (κ1) is 17.1. The minimum Gasteiger partial charge on any atom is -0.498 e. The Morgan fingerprint density at radius 3 is 2.27 bits per heavy atom. The second-order valence-electron chi connectivity index (χ2n) is 4.69. The number of rotatable bonds is 6. The van der Waals surface area contributed by atoms with Crippen molar-refractivity contribution < 1.29 is 14.3 Å².